The van der Waals surface area contributed by atoms with Crippen LogP contribution in [0.5, 0.6) is 0 Å². The highest BCUT2D eigenvalue weighted by Crippen LogP contribution is 2.20. The quantitative estimate of drug-likeness (QED) is 0.500. The molecule has 0 saturated heterocycles. The van der Waals surface area contributed by atoms with Crippen molar-refractivity contribution in [1.29, 1.82) is 0 Å². The van der Waals surface area contributed by atoms with E-state index < -0.39 is 10.1 Å². The van der Waals surface area contributed by atoms with Crippen molar-refractivity contribution in [3.05, 3.63) is 60.7 Å². The first-order valence-corrected chi connectivity index (χ1v) is 7.30. The predicted octanol–water partition coefficient (Wildman–Crippen LogP) is 2.20. The zero-order valence-corrected chi connectivity index (χ0v) is 11.3. The number of rotatable bonds is 2. The van der Waals surface area contributed by atoms with E-state index in [1.165, 1.54) is 0 Å². The van der Waals surface area contributed by atoms with Crippen molar-refractivity contribution in [1.82, 2.24) is 0 Å². The Morgan fingerprint density at radius 1 is 0.895 bits per heavy atom. The Balaban J connectivity index is 0.000000312. The third-order valence-electron chi connectivity index (χ3n) is 2.07. The van der Waals surface area contributed by atoms with E-state index in [1.54, 1.807) is 5.01 Å². The lowest BCUT2D eigenvalue weighted by Crippen LogP contribution is -2.24. The van der Waals surface area contributed by atoms with Crippen LogP contribution >= 0.6 is 0 Å². The van der Waals surface area contributed by atoms with Crippen molar-refractivity contribution in [2.75, 3.05) is 11.3 Å². The van der Waals surface area contributed by atoms with Crippen LogP contribution in [0.2, 0.25) is 0 Å². The first-order chi connectivity index (χ1) is 8.88. The standard InChI is InChI=1S/C12H12N2.CH4O3S/c13-14(11-7-3-1-4-8-11)12-9-5-2-6-10-12;1-5(2,3)4/h1-10H,13H2;1H3,(H,2,3,4). The molecule has 0 spiro atoms. The Morgan fingerprint density at radius 2 is 1.16 bits per heavy atom. The Morgan fingerprint density at radius 3 is 1.42 bits per heavy atom. The van der Waals surface area contributed by atoms with Gasteiger partial charge in [0.05, 0.1) is 17.6 Å². The molecule has 0 fully saturated rings. The number of nitrogens with zero attached hydrogens (tertiary/aromatic N) is 1. The van der Waals surface area contributed by atoms with E-state index in [0.29, 0.717) is 6.26 Å². The molecule has 0 amide bonds. The molecule has 2 aromatic carbocycles. The minimum absolute atomic E-state index is 0.715. The summed E-state index contributed by atoms with van der Waals surface area (Å²) in [6.45, 7) is 0. The Bertz CT molecular complexity index is 538. The average Bonchev–Trinajstić information content (AvgIpc) is 2.38. The maximum Gasteiger partial charge on any atom is 0.261 e. The molecule has 3 N–H and O–H groups in total. The minimum Gasteiger partial charge on any atom is -0.286 e. The zero-order chi connectivity index (χ0) is 14.3. The second-order valence-corrected chi connectivity index (χ2v) is 5.24. The van der Waals surface area contributed by atoms with Gasteiger partial charge in [0, 0.05) is 0 Å². The molecule has 0 aliphatic rings. The zero-order valence-electron chi connectivity index (χ0n) is 10.5. The Hall–Kier alpha value is -1.89. The molecular formula is C13H16N2O3S. The van der Waals surface area contributed by atoms with Crippen LogP contribution in [0.3, 0.4) is 0 Å². The van der Waals surface area contributed by atoms with Crippen LogP contribution < -0.4 is 10.9 Å². The molecule has 0 saturated carbocycles. The third kappa shape index (κ3) is 6.56. The van der Waals surface area contributed by atoms with E-state index in [4.69, 9.17) is 10.4 Å². The largest absolute Gasteiger partial charge is 0.286 e. The van der Waals surface area contributed by atoms with Gasteiger partial charge < -0.3 is 0 Å². The Labute approximate surface area is 113 Å². The summed E-state index contributed by atoms with van der Waals surface area (Å²) < 4.78 is 25.9. The van der Waals surface area contributed by atoms with Gasteiger partial charge in [-0.05, 0) is 24.3 Å². The first-order valence-electron chi connectivity index (χ1n) is 5.45. The van der Waals surface area contributed by atoms with Gasteiger partial charge in [-0.2, -0.15) is 8.42 Å². The van der Waals surface area contributed by atoms with E-state index in [-0.39, 0.29) is 0 Å². The molecule has 0 aromatic heterocycles. The number of anilines is 2. The number of hydrogen-bond donors (Lipinski definition) is 2. The highest BCUT2D eigenvalue weighted by molar-refractivity contribution is 7.85. The fraction of sp³-hybridized carbons (Fsp3) is 0.0769. The number of benzene rings is 2. The monoisotopic (exact) mass is 280 g/mol. The maximum atomic E-state index is 9.19. The van der Waals surface area contributed by atoms with Crippen LogP contribution in [0.1, 0.15) is 0 Å². The summed E-state index contributed by atoms with van der Waals surface area (Å²) in [4.78, 5) is 0. The van der Waals surface area contributed by atoms with Crippen LogP contribution in [0, 0.1) is 0 Å². The lowest BCUT2D eigenvalue weighted by atomic mass is 10.2. The van der Waals surface area contributed by atoms with Crippen molar-refractivity contribution in [2.45, 2.75) is 0 Å². The molecule has 0 unspecified atom stereocenters. The normalized spacial score (nSPS) is 10.3. The van der Waals surface area contributed by atoms with Gasteiger partial charge in [-0.3, -0.25) is 9.56 Å². The molecule has 0 aliphatic heterocycles. The van der Waals surface area contributed by atoms with Gasteiger partial charge in [0.15, 0.2) is 0 Å². The van der Waals surface area contributed by atoms with E-state index in [0.717, 1.165) is 11.4 Å². The number of hydrogen-bond acceptors (Lipinski definition) is 4. The summed E-state index contributed by atoms with van der Waals surface area (Å²) in [6, 6.07) is 19.7. The highest BCUT2D eigenvalue weighted by atomic mass is 32.2. The number of hydrazine groups is 1. The summed E-state index contributed by atoms with van der Waals surface area (Å²) >= 11 is 0. The molecule has 0 heterocycles. The summed E-state index contributed by atoms with van der Waals surface area (Å²) in [6.07, 6.45) is 0.715. The molecule has 0 radical (unpaired) electrons. The molecule has 0 atom stereocenters. The Kier molecular flexibility index (Phi) is 5.50. The van der Waals surface area contributed by atoms with Crippen LogP contribution in [-0.2, 0) is 10.1 Å². The molecule has 0 aliphatic carbocycles. The van der Waals surface area contributed by atoms with E-state index in [2.05, 4.69) is 0 Å². The average molecular weight is 280 g/mol. The van der Waals surface area contributed by atoms with Crippen molar-refractivity contribution >= 4 is 21.5 Å². The molecular weight excluding hydrogens is 264 g/mol. The van der Waals surface area contributed by atoms with Crippen LogP contribution in [0.4, 0.5) is 11.4 Å². The number of nitrogens with two attached hydrogens (primary N) is 1. The second kappa shape index (κ2) is 6.89. The fourth-order valence-corrected chi connectivity index (χ4v) is 1.33. The van der Waals surface area contributed by atoms with Gasteiger partial charge in [-0.15, -0.1) is 0 Å². The van der Waals surface area contributed by atoms with E-state index in [1.807, 2.05) is 60.7 Å². The molecule has 0 bridgehead atoms. The van der Waals surface area contributed by atoms with Gasteiger partial charge in [-0.25, -0.2) is 5.84 Å². The van der Waals surface area contributed by atoms with Gasteiger partial charge in [0.1, 0.15) is 0 Å². The first kappa shape index (κ1) is 15.2. The minimum atomic E-state index is -3.67. The lowest BCUT2D eigenvalue weighted by Gasteiger charge is -2.18. The fourth-order valence-electron chi connectivity index (χ4n) is 1.33. The molecule has 2 aromatic rings. The summed E-state index contributed by atoms with van der Waals surface area (Å²) in [7, 11) is -3.67. The van der Waals surface area contributed by atoms with Crippen molar-refractivity contribution < 1.29 is 13.0 Å². The third-order valence-corrected chi connectivity index (χ3v) is 2.07. The molecule has 2 rings (SSSR count). The SMILES string of the molecule is CS(=O)(=O)O.NN(c1ccccc1)c1ccccc1. The van der Waals surface area contributed by atoms with Gasteiger partial charge in [0.25, 0.3) is 10.1 Å². The summed E-state index contributed by atoms with van der Waals surface area (Å²) in [5.41, 5.74) is 1.97. The predicted molar refractivity (Wildman–Crippen MR) is 76.7 cm³/mol. The molecule has 5 nitrogen and oxygen atoms in total. The van der Waals surface area contributed by atoms with E-state index >= 15 is 0 Å². The summed E-state index contributed by atoms with van der Waals surface area (Å²) in [5, 5.41) is 1.67. The van der Waals surface area contributed by atoms with Gasteiger partial charge >= 0.3 is 0 Å². The van der Waals surface area contributed by atoms with E-state index in [9.17, 15) is 8.42 Å². The van der Waals surface area contributed by atoms with Crippen molar-refractivity contribution in [3.63, 3.8) is 0 Å². The van der Waals surface area contributed by atoms with Gasteiger partial charge in [-0.1, -0.05) is 36.4 Å². The van der Waals surface area contributed by atoms with Crippen molar-refractivity contribution in [3.8, 4) is 0 Å². The van der Waals surface area contributed by atoms with Crippen LogP contribution in [0.25, 0.3) is 0 Å². The summed E-state index contributed by atoms with van der Waals surface area (Å²) in [5.74, 6) is 5.95. The smallest absolute Gasteiger partial charge is 0.261 e. The lowest BCUT2D eigenvalue weighted by molar-refractivity contribution is 0.490. The number of para-hydroxylation sites is 2. The topological polar surface area (TPSA) is 83.6 Å². The molecule has 102 valence electrons. The maximum absolute atomic E-state index is 9.19. The second-order valence-electron chi connectivity index (χ2n) is 3.77. The molecule has 6 heteroatoms. The van der Waals surface area contributed by atoms with Crippen LogP contribution in [-0.4, -0.2) is 19.2 Å². The van der Waals surface area contributed by atoms with Gasteiger partial charge in [0.2, 0.25) is 0 Å². The highest BCUT2D eigenvalue weighted by Gasteiger charge is 2.01. The molecule has 19 heavy (non-hydrogen) atoms. The van der Waals surface area contributed by atoms with Crippen LogP contribution in [0.15, 0.2) is 60.7 Å². The van der Waals surface area contributed by atoms with Crippen molar-refractivity contribution in [2.24, 2.45) is 5.84 Å².